The molecule has 0 radical (unpaired) electrons. The zero-order valence-corrected chi connectivity index (χ0v) is 10.4. The number of carbonyl (C=O) groups excluding carboxylic acids is 1. The van der Waals surface area contributed by atoms with Crippen molar-refractivity contribution in [2.75, 3.05) is 0 Å². The van der Waals surface area contributed by atoms with E-state index in [1.807, 2.05) is 6.92 Å². The Bertz CT molecular complexity index is 222. The predicted molar refractivity (Wildman–Crippen MR) is 62.7 cm³/mol. The minimum atomic E-state index is -0.0906. The van der Waals surface area contributed by atoms with Gasteiger partial charge in [-0.05, 0) is 40.0 Å². The number of rotatable bonds is 6. The van der Waals surface area contributed by atoms with Gasteiger partial charge in [-0.15, -0.1) is 0 Å². The lowest BCUT2D eigenvalue weighted by molar-refractivity contribution is -0.123. The molecular formula is C12H24N2O. The van der Waals surface area contributed by atoms with Crippen molar-refractivity contribution in [1.82, 2.24) is 10.6 Å². The molecule has 1 rings (SSSR count). The van der Waals surface area contributed by atoms with Gasteiger partial charge in [0.1, 0.15) is 0 Å². The topological polar surface area (TPSA) is 41.1 Å². The first-order chi connectivity index (χ1) is 6.94. The summed E-state index contributed by atoms with van der Waals surface area (Å²) in [6.07, 6.45) is 4.53. The molecule has 0 aromatic rings. The van der Waals surface area contributed by atoms with Crippen LogP contribution in [0.25, 0.3) is 0 Å². The van der Waals surface area contributed by atoms with E-state index in [9.17, 15) is 4.79 Å². The molecule has 1 atom stereocenters. The predicted octanol–water partition coefficient (Wildman–Crippen LogP) is 1.82. The van der Waals surface area contributed by atoms with Crippen molar-refractivity contribution in [3.05, 3.63) is 0 Å². The Kier molecular flexibility index (Phi) is 4.14. The first kappa shape index (κ1) is 12.5. The van der Waals surface area contributed by atoms with Crippen LogP contribution in [-0.2, 0) is 4.79 Å². The van der Waals surface area contributed by atoms with Crippen molar-refractivity contribution in [3.8, 4) is 0 Å². The Morgan fingerprint density at radius 2 is 2.07 bits per heavy atom. The second-order valence-corrected chi connectivity index (χ2v) is 5.28. The molecule has 0 saturated heterocycles. The molecule has 0 bridgehead atoms. The average Bonchev–Trinajstić information content (AvgIpc) is 2.86. The Labute approximate surface area is 93.0 Å². The van der Waals surface area contributed by atoms with Crippen LogP contribution in [0, 0.1) is 0 Å². The lowest BCUT2D eigenvalue weighted by Crippen LogP contribution is -2.51. The Morgan fingerprint density at radius 1 is 1.47 bits per heavy atom. The summed E-state index contributed by atoms with van der Waals surface area (Å²) in [6, 6.07) is 0.364. The summed E-state index contributed by atoms with van der Waals surface area (Å²) in [5.41, 5.74) is 0.0507. The first-order valence-electron chi connectivity index (χ1n) is 6.02. The quantitative estimate of drug-likeness (QED) is 0.705. The van der Waals surface area contributed by atoms with Gasteiger partial charge in [0.05, 0.1) is 6.04 Å². The summed E-state index contributed by atoms with van der Waals surface area (Å²) in [4.78, 5) is 11.7. The molecule has 0 aromatic heterocycles. The number of amides is 1. The van der Waals surface area contributed by atoms with Crippen molar-refractivity contribution in [3.63, 3.8) is 0 Å². The van der Waals surface area contributed by atoms with Gasteiger partial charge >= 0.3 is 0 Å². The summed E-state index contributed by atoms with van der Waals surface area (Å²) in [5.74, 6) is 0.140. The molecule has 88 valence electrons. The molecule has 1 unspecified atom stereocenters. The molecule has 0 spiro atoms. The lowest BCUT2D eigenvalue weighted by atomic mass is 9.98. The molecule has 0 heterocycles. The lowest BCUT2D eigenvalue weighted by Gasteiger charge is -2.29. The molecule has 3 heteroatoms. The monoisotopic (exact) mass is 212 g/mol. The van der Waals surface area contributed by atoms with Gasteiger partial charge in [0.2, 0.25) is 5.91 Å². The molecule has 0 aromatic carbocycles. The van der Waals surface area contributed by atoms with Crippen molar-refractivity contribution in [2.45, 2.75) is 71.0 Å². The smallest absolute Gasteiger partial charge is 0.237 e. The van der Waals surface area contributed by atoms with Crippen molar-refractivity contribution in [1.29, 1.82) is 0 Å². The second kappa shape index (κ2) is 4.97. The van der Waals surface area contributed by atoms with Crippen LogP contribution in [0.4, 0.5) is 0 Å². The first-order valence-corrected chi connectivity index (χ1v) is 6.02. The number of nitrogens with one attached hydrogen (secondary N) is 2. The zero-order valence-electron chi connectivity index (χ0n) is 10.4. The van der Waals surface area contributed by atoms with E-state index in [1.165, 1.54) is 0 Å². The summed E-state index contributed by atoms with van der Waals surface area (Å²) in [7, 11) is 0. The molecule has 1 amide bonds. The van der Waals surface area contributed by atoms with Crippen LogP contribution in [0.5, 0.6) is 0 Å². The van der Waals surface area contributed by atoms with E-state index in [1.54, 1.807) is 0 Å². The van der Waals surface area contributed by atoms with E-state index in [-0.39, 0.29) is 17.5 Å². The maximum absolute atomic E-state index is 11.7. The molecule has 1 saturated carbocycles. The average molecular weight is 212 g/mol. The summed E-state index contributed by atoms with van der Waals surface area (Å²) in [5, 5.41) is 6.39. The SMILES string of the molecule is CCCC(C)(C)NC(C)C(=O)NC1CC1. The van der Waals surface area contributed by atoms with E-state index >= 15 is 0 Å². The van der Waals surface area contributed by atoms with Gasteiger partial charge in [-0.25, -0.2) is 0 Å². The van der Waals surface area contributed by atoms with E-state index in [2.05, 4.69) is 31.4 Å². The highest BCUT2D eigenvalue weighted by molar-refractivity contribution is 5.81. The molecule has 15 heavy (non-hydrogen) atoms. The zero-order chi connectivity index (χ0) is 11.5. The minimum Gasteiger partial charge on any atom is -0.352 e. The fourth-order valence-corrected chi connectivity index (χ4v) is 1.90. The minimum absolute atomic E-state index is 0.0507. The van der Waals surface area contributed by atoms with Crippen LogP contribution in [0.3, 0.4) is 0 Å². The van der Waals surface area contributed by atoms with Crippen LogP contribution in [0.2, 0.25) is 0 Å². The molecule has 0 aliphatic heterocycles. The van der Waals surface area contributed by atoms with Gasteiger partial charge in [0, 0.05) is 11.6 Å². The molecule has 2 N–H and O–H groups in total. The van der Waals surface area contributed by atoms with Gasteiger partial charge in [-0.3, -0.25) is 4.79 Å². The van der Waals surface area contributed by atoms with Crippen LogP contribution in [0.15, 0.2) is 0 Å². The normalized spacial score (nSPS) is 18.7. The Balaban J connectivity index is 2.31. The maximum atomic E-state index is 11.7. The van der Waals surface area contributed by atoms with Crippen LogP contribution < -0.4 is 10.6 Å². The van der Waals surface area contributed by atoms with Crippen LogP contribution in [0.1, 0.15) is 53.4 Å². The summed E-state index contributed by atoms with van der Waals surface area (Å²) < 4.78 is 0. The van der Waals surface area contributed by atoms with E-state index in [4.69, 9.17) is 0 Å². The van der Waals surface area contributed by atoms with E-state index in [0.717, 1.165) is 25.7 Å². The number of hydrogen-bond acceptors (Lipinski definition) is 2. The van der Waals surface area contributed by atoms with Gasteiger partial charge in [-0.2, -0.15) is 0 Å². The fourth-order valence-electron chi connectivity index (χ4n) is 1.90. The Hall–Kier alpha value is -0.570. The highest BCUT2D eigenvalue weighted by atomic mass is 16.2. The molecule has 3 nitrogen and oxygen atoms in total. The van der Waals surface area contributed by atoms with E-state index in [0.29, 0.717) is 6.04 Å². The third-order valence-corrected chi connectivity index (χ3v) is 2.80. The maximum Gasteiger partial charge on any atom is 0.237 e. The Morgan fingerprint density at radius 3 is 2.53 bits per heavy atom. The summed E-state index contributed by atoms with van der Waals surface area (Å²) in [6.45, 7) is 8.41. The van der Waals surface area contributed by atoms with E-state index < -0.39 is 0 Å². The third kappa shape index (κ3) is 4.65. The fraction of sp³-hybridized carbons (Fsp3) is 0.917. The standard InChI is InChI=1S/C12H24N2O/c1-5-8-12(3,4)14-9(2)11(15)13-10-6-7-10/h9-10,14H,5-8H2,1-4H3,(H,13,15). The van der Waals surface area contributed by atoms with Gasteiger partial charge in [-0.1, -0.05) is 13.3 Å². The van der Waals surface area contributed by atoms with Gasteiger partial charge in [0.25, 0.3) is 0 Å². The highest BCUT2D eigenvalue weighted by Gasteiger charge is 2.28. The number of carbonyl (C=O) groups is 1. The molecular weight excluding hydrogens is 188 g/mol. The molecule has 1 aliphatic carbocycles. The van der Waals surface area contributed by atoms with Crippen LogP contribution >= 0.6 is 0 Å². The highest BCUT2D eigenvalue weighted by Crippen LogP contribution is 2.19. The van der Waals surface area contributed by atoms with Gasteiger partial charge < -0.3 is 10.6 Å². The van der Waals surface area contributed by atoms with Crippen molar-refractivity contribution in [2.24, 2.45) is 0 Å². The van der Waals surface area contributed by atoms with Crippen LogP contribution in [-0.4, -0.2) is 23.5 Å². The third-order valence-electron chi connectivity index (χ3n) is 2.80. The van der Waals surface area contributed by atoms with Crippen molar-refractivity contribution < 1.29 is 4.79 Å². The summed E-state index contributed by atoms with van der Waals surface area (Å²) >= 11 is 0. The molecule has 1 aliphatic rings. The van der Waals surface area contributed by atoms with Gasteiger partial charge in [0.15, 0.2) is 0 Å². The molecule has 1 fully saturated rings. The number of hydrogen-bond donors (Lipinski definition) is 2. The largest absolute Gasteiger partial charge is 0.352 e. The second-order valence-electron chi connectivity index (χ2n) is 5.28. The van der Waals surface area contributed by atoms with Crippen molar-refractivity contribution >= 4 is 5.91 Å².